The molecule has 1 aromatic rings. The van der Waals surface area contributed by atoms with Crippen LogP contribution in [0.3, 0.4) is 0 Å². The second kappa shape index (κ2) is 9.43. The molecule has 35 heavy (non-hydrogen) atoms. The lowest BCUT2D eigenvalue weighted by molar-refractivity contribution is -0.148. The van der Waals surface area contributed by atoms with Crippen LogP contribution in [0.1, 0.15) is 47.0 Å². The van der Waals surface area contributed by atoms with Crippen molar-refractivity contribution in [3.05, 3.63) is 24.3 Å². The second-order valence-electron chi connectivity index (χ2n) is 9.93. The van der Waals surface area contributed by atoms with E-state index in [-0.39, 0.29) is 24.3 Å². The quantitative estimate of drug-likeness (QED) is 0.491. The number of hydrogen-bond donors (Lipinski definition) is 3. The zero-order valence-electron chi connectivity index (χ0n) is 21.3. The SMILES string of the molecule is CCN(CC)c1ccc(NC(=O)C2N([C@H](C)CO)C(=O)[C@@H]3[C@H](C(=O)NC)[C@]4(CC)CCC23O4)cc1. The zero-order chi connectivity index (χ0) is 25.5. The predicted molar refractivity (Wildman–Crippen MR) is 133 cm³/mol. The number of benzene rings is 1. The van der Waals surface area contributed by atoms with Crippen molar-refractivity contribution < 1.29 is 24.2 Å². The number of aliphatic hydroxyl groups is 1. The first-order chi connectivity index (χ1) is 16.7. The molecule has 3 fully saturated rings. The number of fused-ring (bicyclic) bond motifs is 1. The summed E-state index contributed by atoms with van der Waals surface area (Å²) in [4.78, 5) is 44.2. The highest BCUT2D eigenvalue weighted by Crippen LogP contribution is 2.64. The Morgan fingerprint density at radius 1 is 1.17 bits per heavy atom. The van der Waals surface area contributed by atoms with Gasteiger partial charge in [0, 0.05) is 31.5 Å². The van der Waals surface area contributed by atoms with E-state index in [9.17, 15) is 19.5 Å². The lowest BCUT2D eigenvalue weighted by atomic mass is 9.65. The highest BCUT2D eigenvalue weighted by Gasteiger charge is 2.78. The van der Waals surface area contributed by atoms with E-state index in [0.717, 1.165) is 18.8 Å². The minimum atomic E-state index is -1.10. The Kier molecular flexibility index (Phi) is 6.85. The molecular weight excluding hydrogens is 448 g/mol. The zero-order valence-corrected chi connectivity index (χ0v) is 21.3. The standard InChI is InChI=1S/C26H38N4O5/c1-6-25-13-14-26(35-25)20(19(25)22(32)27-5)24(34)30(16(4)15-31)21(26)23(33)28-17-9-11-18(12-10-17)29(7-2)8-3/h9-12,16,19-21,31H,6-8,13-15H2,1-5H3,(H,27,32)(H,28,33)/t16-,19-,20+,21?,25+,26?/m1/s1. The van der Waals surface area contributed by atoms with Crippen LogP contribution in [0.5, 0.6) is 0 Å². The molecule has 0 radical (unpaired) electrons. The molecule has 192 valence electrons. The summed E-state index contributed by atoms with van der Waals surface area (Å²) in [5.74, 6) is -2.32. The number of anilines is 2. The topological polar surface area (TPSA) is 111 Å². The van der Waals surface area contributed by atoms with E-state index in [2.05, 4.69) is 29.4 Å². The molecule has 1 aromatic carbocycles. The van der Waals surface area contributed by atoms with E-state index in [1.165, 1.54) is 4.90 Å². The lowest BCUT2D eigenvalue weighted by Gasteiger charge is -2.36. The second-order valence-corrected chi connectivity index (χ2v) is 9.93. The first-order valence-electron chi connectivity index (χ1n) is 12.7. The number of amides is 3. The summed E-state index contributed by atoms with van der Waals surface area (Å²) in [6.07, 6.45) is 1.70. The fraction of sp³-hybridized carbons (Fsp3) is 0.654. The van der Waals surface area contributed by atoms with Crippen LogP contribution in [-0.4, -0.2) is 77.8 Å². The summed E-state index contributed by atoms with van der Waals surface area (Å²) in [6.45, 7) is 9.33. The minimum absolute atomic E-state index is 0.239. The van der Waals surface area contributed by atoms with Crippen LogP contribution in [0.15, 0.2) is 24.3 Å². The van der Waals surface area contributed by atoms with E-state index in [0.29, 0.717) is 24.9 Å². The Morgan fingerprint density at radius 3 is 2.37 bits per heavy atom. The molecule has 3 N–H and O–H groups in total. The third-order valence-electron chi connectivity index (χ3n) is 8.40. The van der Waals surface area contributed by atoms with Gasteiger partial charge in [0.15, 0.2) is 0 Å². The number of ether oxygens (including phenoxy) is 1. The van der Waals surface area contributed by atoms with Crippen molar-refractivity contribution in [2.45, 2.75) is 70.2 Å². The molecule has 1 spiro atoms. The number of likely N-dealkylation sites (tertiary alicyclic amines) is 1. The van der Waals surface area contributed by atoms with E-state index in [4.69, 9.17) is 4.74 Å². The molecule has 4 rings (SSSR count). The molecule has 0 aliphatic carbocycles. The Bertz CT molecular complexity index is 980. The van der Waals surface area contributed by atoms with Gasteiger partial charge in [0.2, 0.25) is 17.7 Å². The minimum Gasteiger partial charge on any atom is -0.394 e. The third-order valence-corrected chi connectivity index (χ3v) is 8.40. The van der Waals surface area contributed by atoms with E-state index >= 15 is 0 Å². The van der Waals surface area contributed by atoms with Crippen LogP contribution < -0.4 is 15.5 Å². The van der Waals surface area contributed by atoms with E-state index in [1.54, 1.807) is 14.0 Å². The smallest absolute Gasteiger partial charge is 0.250 e. The molecule has 0 saturated carbocycles. The van der Waals surface area contributed by atoms with Crippen molar-refractivity contribution in [3.63, 3.8) is 0 Å². The van der Waals surface area contributed by atoms with Gasteiger partial charge in [-0.2, -0.15) is 0 Å². The van der Waals surface area contributed by atoms with Gasteiger partial charge >= 0.3 is 0 Å². The van der Waals surface area contributed by atoms with Crippen molar-refractivity contribution in [3.8, 4) is 0 Å². The summed E-state index contributed by atoms with van der Waals surface area (Å²) in [5, 5.41) is 15.6. The Hall–Kier alpha value is -2.65. The lowest BCUT2D eigenvalue weighted by Crippen LogP contribution is -2.55. The molecule has 2 unspecified atom stereocenters. The molecule has 9 nitrogen and oxygen atoms in total. The third kappa shape index (κ3) is 3.71. The van der Waals surface area contributed by atoms with Gasteiger partial charge in [-0.05, 0) is 64.3 Å². The van der Waals surface area contributed by atoms with Crippen molar-refractivity contribution >= 4 is 29.1 Å². The number of nitrogens with one attached hydrogen (secondary N) is 2. The van der Waals surface area contributed by atoms with Gasteiger partial charge in [-0.15, -0.1) is 0 Å². The average molecular weight is 487 g/mol. The first-order valence-corrected chi connectivity index (χ1v) is 12.7. The Morgan fingerprint density at radius 2 is 1.83 bits per heavy atom. The van der Waals surface area contributed by atoms with Gasteiger partial charge in [0.1, 0.15) is 11.6 Å². The largest absolute Gasteiger partial charge is 0.394 e. The Balaban J connectivity index is 1.69. The number of hydrogen-bond acceptors (Lipinski definition) is 6. The normalized spacial score (nSPS) is 31.9. The van der Waals surface area contributed by atoms with Crippen LogP contribution in [0.4, 0.5) is 11.4 Å². The highest BCUT2D eigenvalue weighted by atomic mass is 16.5. The average Bonchev–Trinajstić information content (AvgIpc) is 3.48. The van der Waals surface area contributed by atoms with Crippen molar-refractivity contribution in [1.82, 2.24) is 10.2 Å². The number of aliphatic hydroxyl groups excluding tert-OH is 1. The van der Waals surface area contributed by atoms with Crippen LogP contribution in [-0.2, 0) is 19.1 Å². The number of nitrogens with zero attached hydrogens (tertiary/aromatic N) is 2. The fourth-order valence-corrected chi connectivity index (χ4v) is 6.63. The van der Waals surface area contributed by atoms with Gasteiger partial charge in [-0.1, -0.05) is 6.92 Å². The monoisotopic (exact) mass is 486 g/mol. The fourth-order valence-electron chi connectivity index (χ4n) is 6.63. The molecule has 6 atom stereocenters. The molecule has 3 heterocycles. The van der Waals surface area contributed by atoms with Gasteiger partial charge in [-0.3, -0.25) is 14.4 Å². The van der Waals surface area contributed by atoms with Crippen LogP contribution in [0.25, 0.3) is 0 Å². The maximum atomic E-state index is 13.8. The number of rotatable bonds is 9. The van der Waals surface area contributed by atoms with Crippen molar-refractivity contribution in [2.24, 2.45) is 11.8 Å². The molecular formula is C26H38N4O5. The molecule has 9 heteroatoms. The van der Waals surface area contributed by atoms with Crippen LogP contribution in [0, 0.1) is 11.8 Å². The maximum absolute atomic E-state index is 13.8. The highest BCUT2D eigenvalue weighted by molar-refractivity contribution is 6.04. The number of carbonyl (C=O) groups is 3. The summed E-state index contributed by atoms with van der Waals surface area (Å²) in [5.41, 5.74) is -0.178. The van der Waals surface area contributed by atoms with Crippen LogP contribution in [0.2, 0.25) is 0 Å². The van der Waals surface area contributed by atoms with Crippen molar-refractivity contribution in [1.29, 1.82) is 0 Å². The van der Waals surface area contributed by atoms with Gasteiger partial charge in [0.25, 0.3) is 0 Å². The predicted octanol–water partition coefficient (Wildman–Crippen LogP) is 1.75. The molecule has 3 amide bonds. The molecule has 3 aliphatic rings. The number of carbonyl (C=O) groups excluding carboxylic acids is 3. The molecule has 2 bridgehead atoms. The Labute approximate surface area is 207 Å². The summed E-state index contributed by atoms with van der Waals surface area (Å²) in [6, 6.07) is 6.10. The van der Waals surface area contributed by atoms with E-state index < -0.39 is 35.1 Å². The summed E-state index contributed by atoms with van der Waals surface area (Å²) >= 11 is 0. The van der Waals surface area contributed by atoms with Gasteiger partial charge < -0.3 is 30.3 Å². The molecule has 3 aliphatic heterocycles. The molecule has 0 aromatic heterocycles. The summed E-state index contributed by atoms with van der Waals surface area (Å²) in [7, 11) is 1.56. The van der Waals surface area contributed by atoms with Gasteiger partial charge in [-0.25, -0.2) is 0 Å². The molecule has 3 saturated heterocycles. The van der Waals surface area contributed by atoms with Crippen molar-refractivity contribution in [2.75, 3.05) is 37.0 Å². The maximum Gasteiger partial charge on any atom is 0.250 e. The van der Waals surface area contributed by atoms with Gasteiger partial charge in [0.05, 0.1) is 30.1 Å². The first kappa shape index (κ1) is 25.4. The summed E-state index contributed by atoms with van der Waals surface area (Å²) < 4.78 is 6.63. The van der Waals surface area contributed by atoms with E-state index in [1.807, 2.05) is 31.2 Å². The van der Waals surface area contributed by atoms with Crippen LogP contribution >= 0.6 is 0 Å².